The molecule has 3 N–H and O–H groups in total. The number of anilines is 1. The highest BCUT2D eigenvalue weighted by Crippen LogP contribution is 2.26. The fourth-order valence-corrected chi connectivity index (χ4v) is 5.05. The van der Waals surface area contributed by atoms with E-state index in [-0.39, 0.29) is 24.0 Å². The van der Waals surface area contributed by atoms with Gasteiger partial charge < -0.3 is 10.6 Å². The molecule has 1 aliphatic carbocycles. The Morgan fingerprint density at radius 2 is 1.82 bits per heavy atom. The molecule has 2 aliphatic rings. The minimum absolute atomic E-state index is 0.0787. The van der Waals surface area contributed by atoms with Gasteiger partial charge in [0.1, 0.15) is 0 Å². The highest BCUT2D eigenvalue weighted by Gasteiger charge is 2.32. The van der Waals surface area contributed by atoms with Gasteiger partial charge in [0.15, 0.2) is 6.19 Å². The van der Waals surface area contributed by atoms with Crippen molar-refractivity contribution in [1.29, 1.82) is 10.7 Å². The lowest BCUT2D eigenvalue weighted by Gasteiger charge is -2.39. The van der Waals surface area contributed by atoms with Crippen LogP contribution in [0.3, 0.4) is 0 Å². The molecule has 172 valence electrons. The molecule has 33 heavy (non-hydrogen) atoms. The standard InChI is InChI=1S/C26H32N6O/c27-19-32(23-12-5-2-6-13-23)26(28)30-24-14-8-7-11-21(24)16-31-17-22(29-25(33)18-31)15-20-9-3-1-4-10-20/h1-6,9-10,12-13,21-22,24H,7-8,11,14-18H2,(H2,28,30)(H,29,33)/t21-,22-,24+/m0/s1. The third-order valence-corrected chi connectivity index (χ3v) is 6.60. The zero-order valence-corrected chi connectivity index (χ0v) is 18.9. The molecule has 7 heteroatoms. The Morgan fingerprint density at radius 1 is 1.12 bits per heavy atom. The van der Waals surface area contributed by atoms with Crippen molar-refractivity contribution in [3.8, 4) is 6.19 Å². The smallest absolute Gasteiger partial charge is 0.234 e. The molecule has 3 atom stereocenters. The van der Waals surface area contributed by atoms with Crippen molar-refractivity contribution in [2.45, 2.75) is 44.2 Å². The lowest BCUT2D eigenvalue weighted by atomic mass is 9.84. The second kappa shape index (κ2) is 11.0. The van der Waals surface area contributed by atoms with Gasteiger partial charge in [0.2, 0.25) is 11.9 Å². The zero-order chi connectivity index (χ0) is 23.0. The number of hydrogen-bond donors (Lipinski definition) is 3. The van der Waals surface area contributed by atoms with E-state index in [2.05, 4.69) is 33.9 Å². The van der Waals surface area contributed by atoms with E-state index in [0.717, 1.165) is 45.2 Å². The van der Waals surface area contributed by atoms with Gasteiger partial charge in [-0.15, -0.1) is 0 Å². The summed E-state index contributed by atoms with van der Waals surface area (Å²) in [5.41, 5.74) is 1.91. The Hall–Kier alpha value is -3.37. The van der Waals surface area contributed by atoms with E-state index >= 15 is 0 Å². The maximum absolute atomic E-state index is 12.4. The Kier molecular flexibility index (Phi) is 7.59. The van der Waals surface area contributed by atoms with Gasteiger partial charge in [-0.3, -0.25) is 15.1 Å². The minimum atomic E-state index is 0.0787. The van der Waals surface area contributed by atoms with Gasteiger partial charge in [-0.1, -0.05) is 61.4 Å². The molecule has 1 heterocycles. The third-order valence-electron chi connectivity index (χ3n) is 6.60. The Bertz CT molecular complexity index is 973. The van der Waals surface area contributed by atoms with E-state index < -0.39 is 0 Å². The highest BCUT2D eigenvalue weighted by molar-refractivity contribution is 5.96. The second-order valence-electron chi connectivity index (χ2n) is 9.06. The molecule has 0 bridgehead atoms. The Labute approximate surface area is 195 Å². The van der Waals surface area contributed by atoms with Gasteiger partial charge in [0.25, 0.3) is 0 Å². The number of hydrogen-bond acceptors (Lipinski definition) is 4. The van der Waals surface area contributed by atoms with Crippen molar-refractivity contribution in [3.63, 3.8) is 0 Å². The molecule has 1 aliphatic heterocycles. The van der Waals surface area contributed by atoms with E-state index in [1.807, 2.05) is 48.5 Å². The van der Waals surface area contributed by atoms with E-state index in [1.54, 1.807) is 0 Å². The van der Waals surface area contributed by atoms with Crippen LogP contribution >= 0.6 is 0 Å². The summed E-state index contributed by atoms with van der Waals surface area (Å²) in [5, 5.41) is 24.6. The number of nitrogens with one attached hydrogen (secondary N) is 3. The van der Waals surface area contributed by atoms with Gasteiger partial charge >= 0.3 is 0 Å². The summed E-state index contributed by atoms with van der Waals surface area (Å²) in [6, 6.07) is 19.8. The van der Waals surface area contributed by atoms with Crippen LogP contribution in [-0.2, 0) is 11.2 Å². The summed E-state index contributed by atoms with van der Waals surface area (Å²) >= 11 is 0. The van der Waals surface area contributed by atoms with Crippen LogP contribution in [0.1, 0.15) is 31.2 Å². The van der Waals surface area contributed by atoms with Crippen molar-refractivity contribution in [2.75, 3.05) is 24.5 Å². The van der Waals surface area contributed by atoms with Crippen LogP contribution < -0.4 is 15.5 Å². The first kappa shape index (κ1) is 22.8. The second-order valence-corrected chi connectivity index (χ2v) is 9.06. The molecule has 1 saturated carbocycles. The van der Waals surface area contributed by atoms with Gasteiger partial charge in [0, 0.05) is 25.2 Å². The quantitative estimate of drug-likeness (QED) is 0.275. The number of para-hydroxylation sites is 1. The summed E-state index contributed by atoms with van der Waals surface area (Å²) in [6.07, 6.45) is 7.24. The third kappa shape index (κ3) is 6.11. The van der Waals surface area contributed by atoms with Crippen LogP contribution in [0.5, 0.6) is 0 Å². The molecule has 2 aromatic carbocycles. The molecule has 0 spiro atoms. The average Bonchev–Trinajstić information content (AvgIpc) is 2.82. The Balaban J connectivity index is 1.38. The van der Waals surface area contributed by atoms with Crippen LogP contribution in [0.2, 0.25) is 0 Å². The topological polar surface area (TPSA) is 95.2 Å². The summed E-state index contributed by atoms with van der Waals surface area (Å²) in [5.74, 6) is 0.521. The average molecular weight is 445 g/mol. The van der Waals surface area contributed by atoms with Crippen molar-refractivity contribution in [2.24, 2.45) is 5.92 Å². The van der Waals surface area contributed by atoms with Gasteiger partial charge in [-0.05, 0) is 42.9 Å². The SMILES string of the molecule is N#CN(C(=N)N[C@@H]1CCCC[C@H]1CN1CC(=O)N[C@@H](Cc2ccccc2)C1)c1ccccc1. The molecule has 1 amide bonds. The number of guanidine groups is 1. The largest absolute Gasteiger partial charge is 0.352 e. The van der Waals surface area contributed by atoms with Gasteiger partial charge in [-0.25, -0.2) is 4.90 Å². The predicted molar refractivity (Wildman–Crippen MR) is 130 cm³/mol. The predicted octanol–water partition coefficient (Wildman–Crippen LogP) is 3.10. The van der Waals surface area contributed by atoms with Crippen molar-refractivity contribution in [3.05, 3.63) is 66.2 Å². The fraction of sp³-hybridized carbons (Fsp3) is 0.423. The summed E-state index contributed by atoms with van der Waals surface area (Å²) in [4.78, 5) is 16.0. The molecule has 0 unspecified atom stereocenters. The number of piperazine rings is 1. The molecular weight excluding hydrogens is 412 g/mol. The van der Waals surface area contributed by atoms with Crippen molar-refractivity contribution >= 4 is 17.6 Å². The number of amides is 1. The van der Waals surface area contributed by atoms with Crippen LogP contribution in [-0.4, -0.2) is 48.5 Å². The number of nitrogens with zero attached hydrogens (tertiary/aromatic N) is 3. The van der Waals surface area contributed by atoms with E-state index in [4.69, 9.17) is 5.41 Å². The number of carbonyl (C=O) groups is 1. The van der Waals surface area contributed by atoms with Crippen molar-refractivity contribution < 1.29 is 4.79 Å². The summed E-state index contributed by atoms with van der Waals surface area (Å²) < 4.78 is 0. The van der Waals surface area contributed by atoms with Crippen LogP contribution in [0.15, 0.2) is 60.7 Å². The highest BCUT2D eigenvalue weighted by atomic mass is 16.2. The maximum Gasteiger partial charge on any atom is 0.234 e. The first-order valence-corrected chi connectivity index (χ1v) is 11.8. The van der Waals surface area contributed by atoms with Gasteiger partial charge in [0.05, 0.1) is 12.2 Å². The molecule has 2 aromatic rings. The molecule has 0 radical (unpaired) electrons. The minimum Gasteiger partial charge on any atom is -0.352 e. The zero-order valence-electron chi connectivity index (χ0n) is 18.9. The molecule has 0 aromatic heterocycles. The van der Waals surface area contributed by atoms with E-state index in [0.29, 0.717) is 18.2 Å². The van der Waals surface area contributed by atoms with Gasteiger partial charge in [-0.2, -0.15) is 5.26 Å². The summed E-state index contributed by atoms with van der Waals surface area (Å²) in [7, 11) is 0. The van der Waals surface area contributed by atoms with E-state index in [9.17, 15) is 10.1 Å². The maximum atomic E-state index is 12.4. The fourth-order valence-electron chi connectivity index (χ4n) is 5.05. The number of benzene rings is 2. The number of rotatable bonds is 6. The molecule has 1 saturated heterocycles. The monoisotopic (exact) mass is 444 g/mol. The molecular formula is C26H32N6O. The number of carbonyl (C=O) groups excluding carboxylic acids is 1. The lowest BCUT2D eigenvalue weighted by molar-refractivity contribution is -0.125. The normalized spacial score (nSPS) is 23.2. The van der Waals surface area contributed by atoms with Crippen LogP contribution in [0.4, 0.5) is 5.69 Å². The number of nitriles is 1. The Morgan fingerprint density at radius 3 is 2.55 bits per heavy atom. The lowest BCUT2D eigenvalue weighted by Crippen LogP contribution is -2.57. The van der Waals surface area contributed by atoms with E-state index in [1.165, 1.54) is 10.5 Å². The van der Waals surface area contributed by atoms with Crippen LogP contribution in [0.25, 0.3) is 0 Å². The summed E-state index contributed by atoms with van der Waals surface area (Å²) in [6.45, 7) is 2.07. The van der Waals surface area contributed by atoms with Crippen LogP contribution in [0, 0.1) is 22.8 Å². The van der Waals surface area contributed by atoms with Crippen molar-refractivity contribution in [1.82, 2.24) is 15.5 Å². The molecule has 2 fully saturated rings. The molecule has 4 rings (SSSR count). The molecule has 7 nitrogen and oxygen atoms in total. The first-order chi connectivity index (χ1) is 16.1. The first-order valence-electron chi connectivity index (χ1n) is 11.8.